The lowest BCUT2D eigenvalue weighted by Gasteiger charge is -2.34. The number of hydrogen-bond donors (Lipinski definition) is 0. The van der Waals surface area contributed by atoms with E-state index in [4.69, 9.17) is 0 Å². The van der Waals surface area contributed by atoms with Gasteiger partial charge in [-0.1, -0.05) is 13.2 Å². The van der Waals surface area contributed by atoms with Crippen LogP contribution in [0.5, 0.6) is 0 Å². The van der Waals surface area contributed by atoms with Gasteiger partial charge in [-0.05, 0) is 11.1 Å². The van der Waals surface area contributed by atoms with Crippen molar-refractivity contribution in [1.29, 1.82) is 0 Å². The van der Waals surface area contributed by atoms with Crippen LogP contribution >= 0.6 is 0 Å². The largest absolute Gasteiger partial charge is 0.229 e. The van der Waals surface area contributed by atoms with Crippen molar-refractivity contribution in [3.05, 3.63) is 24.3 Å². The van der Waals surface area contributed by atoms with E-state index in [0.29, 0.717) is 11.5 Å². The maximum absolute atomic E-state index is 11.1. The molecule has 2 aliphatic rings. The second-order valence-electron chi connectivity index (χ2n) is 3.34. The summed E-state index contributed by atoms with van der Waals surface area (Å²) in [6.07, 6.45) is 0. The Bertz CT molecular complexity index is 309. The van der Waals surface area contributed by atoms with Crippen LogP contribution in [0.2, 0.25) is 0 Å². The number of hydrogen-bond acceptors (Lipinski definition) is 2. The molecule has 60 valence electrons. The lowest BCUT2D eigenvalue weighted by atomic mass is 9.68. The normalized spacial score (nSPS) is 40.0. The van der Waals surface area contributed by atoms with E-state index in [2.05, 4.69) is 13.2 Å². The first kappa shape index (κ1) is 7.10. The Hall–Kier alpha value is -0.570. The summed E-state index contributed by atoms with van der Waals surface area (Å²) in [5.74, 6) is 1.00. The Morgan fingerprint density at radius 1 is 1.09 bits per heavy atom. The van der Waals surface area contributed by atoms with Crippen LogP contribution < -0.4 is 0 Å². The van der Waals surface area contributed by atoms with Gasteiger partial charge in [-0.3, -0.25) is 0 Å². The highest BCUT2D eigenvalue weighted by atomic mass is 32.2. The molecule has 0 aromatic carbocycles. The van der Waals surface area contributed by atoms with Crippen LogP contribution in [0.4, 0.5) is 0 Å². The van der Waals surface area contributed by atoms with Gasteiger partial charge in [0.05, 0.1) is 11.5 Å². The second kappa shape index (κ2) is 1.78. The van der Waals surface area contributed by atoms with E-state index in [1.807, 2.05) is 0 Å². The molecule has 2 atom stereocenters. The number of rotatable bonds is 0. The first-order chi connectivity index (χ1) is 5.01. The smallest absolute Gasteiger partial charge is 0.151 e. The number of fused-ring (bicyclic) bond motifs is 1. The fraction of sp³-hybridized carbons (Fsp3) is 0.500. The van der Waals surface area contributed by atoms with Crippen LogP contribution in [-0.2, 0) is 9.84 Å². The molecule has 0 bridgehead atoms. The molecule has 11 heavy (non-hydrogen) atoms. The minimum atomic E-state index is -2.77. The van der Waals surface area contributed by atoms with E-state index < -0.39 is 9.84 Å². The summed E-state index contributed by atoms with van der Waals surface area (Å²) in [7, 11) is -2.77. The lowest BCUT2D eigenvalue weighted by Crippen LogP contribution is -2.29. The summed E-state index contributed by atoms with van der Waals surface area (Å²) in [4.78, 5) is 0. The topological polar surface area (TPSA) is 34.1 Å². The fourth-order valence-electron chi connectivity index (χ4n) is 1.91. The second-order valence-corrected chi connectivity index (χ2v) is 5.49. The van der Waals surface area contributed by atoms with E-state index in [0.717, 1.165) is 11.1 Å². The minimum absolute atomic E-state index is 0.201. The molecule has 0 amide bonds. The molecule has 1 heterocycles. The molecular weight excluding hydrogens is 160 g/mol. The van der Waals surface area contributed by atoms with Crippen molar-refractivity contribution in [3.63, 3.8) is 0 Å². The van der Waals surface area contributed by atoms with Crippen molar-refractivity contribution in [2.75, 3.05) is 11.5 Å². The average Bonchev–Trinajstić information content (AvgIpc) is 2.23. The van der Waals surface area contributed by atoms with Crippen molar-refractivity contribution >= 4 is 9.84 Å². The van der Waals surface area contributed by atoms with Gasteiger partial charge in [0.25, 0.3) is 0 Å². The third kappa shape index (κ3) is 0.805. The number of allylic oxidation sites excluding steroid dienone is 2. The van der Waals surface area contributed by atoms with Gasteiger partial charge in [0.15, 0.2) is 9.84 Å². The standard InChI is InChI=1S/C8H10O2S/c1-5-6(2)8-4-11(9,10)3-7(5)8/h7-8H,1-4H2. The van der Waals surface area contributed by atoms with Crippen LogP contribution in [0.15, 0.2) is 24.3 Å². The van der Waals surface area contributed by atoms with E-state index in [1.165, 1.54) is 0 Å². The summed E-state index contributed by atoms with van der Waals surface area (Å²) in [6, 6.07) is 0. The first-order valence-corrected chi connectivity index (χ1v) is 5.42. The van der Waals surface area contributed by atoms with Crippen molar-refractivity contribution in [2.24, 2.45) is 11.8 Å². The predicted molar refractivity (Wildman–Crippen MR) is 43.9 cm³/mol. The SMILES string of the molecule is C=C1C(=C)C2CS(=O)(=O)CC12. The zero-order valence-corrected chi connectivity index (χ0v) is 7.02. The summed E-state index contributed by atoms with van der Waals surface area (Å²) in [6.45, 7) is 7.57. The van der Waals surface area contributed by atoms with Crippen LogP contribution in [0, 0.1) is 11.8 Å². The Balaban J connectivity index is 2.35. The maximum atomic E-state index is 11.1. The summed E-state index contributed by atoms with van der Waals surface area (Å²) < 4.78 is 22.2. The van der Waals surface area contributed by atoms with Gasteiger partial charge in [-0.25, -0.2) is 8.42 Å². The Morgan fingerprint density at radius 2 is 1.45 bits per heavy atom. The van der Waals surface area contributed by atoms with E-state index in [9.17, 15) is 8.42 Å². The van der Waals surface area contributed by atoms with Gasteiger partial charge in [-0.2, -0.15) is 0 Å². The quantitative estimate of drug-likeness (QED) is 0.538. The van der Waals surface area contributed by atoms with Crippen molar-refractivity contribution in [3.8, 4) is 0 Å². The average molecular weight is 170 g/mol. The molecule has 1 aliphatic heterocycles. The van der Waals surface area contributed by atoms with Crippen molar-refractivity contribution in [2.45, 2.75) is 0 Å². The monoisotopic (exact) mass is 170 g/mol. The first-order valence-electron chi connectivity index (χ1n) is 3.59. The Labute approximate surface area is 66.5 Å². The molecule has 1 saturated heterocycles. The summed E-state index contributed by atoms with van der Waals surface area (Å²) >= 11 is 0. The molecule has 3 heteroatoms. The maximum Gasteiger partial charge on any atom is 0.151 e. The highest BCUT2D eigenvalue weighted by Crippen LogP contribution is 2.48. The van der Waals surface area contributed by atoms with Crippen molar-refractivity contribution in [1.82, 2.24) is 0 Å². The highest BCUT2D eigenvalue weighted by Gasteiger charge is 2.48. The van der Waals surface area contributed by atoms with E-state index in [-0.39, 0.29) is 11.8 Å². The van der Waals surface area contributed by atoms with E-state index >= 15 is 0 Å². The van der Waals surface area contributed by atoms with Crippen LogP contribution in [0.1, 0.15) is 0 Å². The highest BCUT2D eigenvalue weighted by molar-refractivity contribution is 7.91. The lowest BCUT2D eigenvalue weighted by molar-refractivity contribution is 0.466. The van der Waals surface area contributed by atoms with Crippen LogP contribution in [0.3, 0.4) is 0 Å². The van der Waals surface area contributed by atoms with Crippen molar-refractivity contribution < 1.29 is 8.42 Å². The predicted octanol–water partition coefficient (Wildman–Crippen LogP) is 0.773. The van der Waals surface area contributed by atoms with Gasteiger partial charge >= 0.3 is 0 Å². The summed E-state index contributed by atoms with van der Waals surface area (Å²) in [5, 5.41) is 0. The minimum Gasteiger partial charge on any atom is -0.229 e. The molecule has 2 nitrogen and oxygen atoms in total. The Kier molecular flexibility index (Phi) is 1.15. The van der Waals surface area contributed by atoms with Gasteiger partial charge in [0.1, 0.15) is 0 Å². The summed E-state index contributed by atoms with van der Waals surface area (Å²) in [5.41, 5.74) is 1.91. The molecule has 0 spiro atoms. The van der Waals surface area contributed by atoms with Gasteiger partial charge in [0.2, 0.25) is 0 Å². The molecule has 1 aliphatic carbocycles. The fourth-order valence-corrected chi connectivity index (χ4v) is 4.01. The molecule has 2 unspecified atom stereocenters. The zero-order chi connectivity index (χ0) is 8.22. The Morgan fingerprint density at radius 3 is 1.82 bits per heavy atom. The molecule has 1 saturated carbocycles. The molecular formula is C8H10O2S. The van der Waals surface area contributed by atoms with Crippen LogP contribution in [0.25, 0.3) is 0 Å². The molecule has 0 aromatic heterocycles. The molecule has 0 aromatic rings. The third-order valence-corrected chi connectivity index (χ3v) is 4.39. The third-order valence-electron chi connectivity index (χ3n) is 2.66. The van der Waals surface area contributed by atoms with Gasteiger partial charge in [-0.15, -0.1) is 0 Å². The molecule has 2 fully saturated rings. The number of sulfone groups is 1. The van der Waals surface area contributed by atoms with Gasteiger partial charge < -0.3 is 0 Å². The van der Waals surface area contributed by atoms with Crippen LogP contribution in [-0.4, -0.2) is 19.9 Å². The van der Waals surface area contributed by atoms with Gasteiger partial charge in [0, 0.05) is 11.8 Å². The molecule has 0 N–H and O–H groups in total. The zero-order valence-electron chi connectivity index (χ0n) is 6.21. The molecule has 0 radical (unpaired) electrons. The van der Waals surface area contributed by atoms with E-state index in [1.54, 1.807) is 0 Å². The molecule has 2 rings (SSSR count).